The van der Waals surface area contributed by atoms with Crippen molar-refractivity contribution in [1.82, 2.24) is 5.32 Å². The van der Waals surface area contributed by atoms with Crippen molar-refractivity contribution in [3.8, 4) is 23.3 Å². The van der Waals surface area contributed by atoms with Crippen LogP contribution in [0.4, 0.5) is 5.69 Å². The average molecular weight is 371 g/mol. The molecule has 0 saturated heterocycles. The topological polar surface area (TPSA) is 124 Å². The molecule has 0 aliphatic heterocycles. The normalized spacial score (nSPS) is 9.85. The number of carbonyl (C=O) groups excluding carboxylic acids is 1. The van der Waals surface area contributed by atoms with Gasteiger partial charge in [-0.2, -0.15) is 5.26 Å². The van der Waals surface area contributed by atoms with Gasteiger partial charge >= 0.3 is 5.69 Å². The maximum Gasteiger partial charge on any atom is 0.327 e. The number of nitriles is 1. The van der Waals surface area contributed by atoms with Gasteiger partial charge in [0.15, 0.2) is 5.75 Å². The molecule has 1 N–H and O–H groups in total. The van der Waals surface area contributed by atoms with E-state index in [1.807, 2.05) is 6.07 Å². The second-order valence-electron chi connectivity index (χ2n) is 5.29. The Kier molecular flexibility index (Phi) is 6.17. The molecule has 27 heavy (non-hydrogen) atoms. The van der Waals surface area contributed by atoms with E-state index in [1.54, 1.807) is 24.3 Å². The average Bonchev–Trinajstić information content (AvgIpc) is 2.70. The van der Waals surface area contributed by atoms with Crippen molar-refractivity contribution in [3.05, 3.63) is 57.1 Å². The van der Waals surface area contributed by atoms with Gasteiger partial charge in [-0.25, -0.2) is 0 Å². The number of nitrogens with one attached hydrogen (secondary N) is 1. The lowest BCUT2D eigenvalue weighted by atomic mass is 10.1. The molecule has 140 valence electrons. The minimum absolute atomic E-state index is 0.0235. The van der Waals surface area contributed by atoms with E-state index in [2.05, 4.69) is 5.32 Å². The second kappa shape index (κ2) is 8.53. The quantitative estimate of drug-likeness (QED) is 0.585. The van der Waals surface area contributed by atoms with Crippen LogP contribution < -0.4 is 19.5 Å². The Labute approximate surface area is 155 Å². The van der Waals surface area contributed by atoms with Gasteiger partial charge in [0.1, 0.15) is 5.56 Å². The maximum absolute atomic E-state index is 12.6. The Morgan fingerprint density at radius 2 is 1.78 bits per heavy atom. The molecule has 0 radical (unpaired) electrons. The summed E-state index contributed by atoms with van der Waals surface area (Å²) in [5.41, 5.74) is 0.485. The summed E-state index contributed by atoms with van der Waals surface area (Å²) in [6.45, 7) is 0.123. The lowest BCUT2D eigenvalue weighted by molar-refractivity contribution is -0.386. The fraction of sp³-hybridized carbons (Fsp3) is 0.222. The molecule has 0 spiro atoms. The van der Waals surface area contributed by atoms with Crippen LogP contribution in [0.15, 0.2) is 30.3 Å². The van der Waals surface area contributed by atoms with Gasteiger partial charge in [-0.15, -0.1) is 0 Å². The van der Waals surface area contributed by atoms with Gasteiger partial charge in [0.2, 0.25) is 11.5 Å². The van der Waals surface area contributed by atoms with Crippen molar-refractivity contribution in [1.29, 1.82) is 5.26 Å². The van der Waals surface area contributed by atoms with E-state index in [4.69, 9.17) is 19.5 Å². The predicted molar refractivity (Wildman–Crippen MR) is 95.1 cm³/mol. The van der Waals surface area contributed by atoms with Crippen LogP contribution in [0.2, 0.25) is 0 Å². The minimum atomic E-state index is -0.711. The lowest BCUT2D eigenvalue weighted by Gasteiger charge is -2.15. The van der Waals surface area contributed by atoms with Crippen LogP contribution in [0.5, 0.6) is 17.2 Å². The molecule has 0 aliphatic carbocycles. The molecule has 0 aliphatic rings. The first-order chi connectivity index (χ1) is 13.0. The Balaban J connectivity index is 2.38. The SMILES string of the molecule is COc1cc(C(=O)NCc2ccc(C#N)cc2)c([N+](=O)[O-])c(OC)c1OC. The van der Waals surface area contributed by atoms with Crippen molar-refractivity contribution in [3.63, 3.8) is 0 Å². The fourth-order valence-electron chi connectivity index (χ4n) is 2.47. The number of amides is 1. The van der Waals surface area contributed by atoms with Gasteiger partial charge in [0.05, 0.1) is 37.9 Å². The van der Waals surface area contributed by atoms with Crippen LogP contribution in [0.25, 0.3) is 0 Å². The van der Waals surface area contributed by atoms with Crippen molar-refractivity contribution >= 4 is 11.6 Å². The summed E-state index contributed by atoms with van der Waals surface area (Å²) >= 11 is 0. The van der Waals surface area contributed by atoms with Gasteiger partial charge in [0, 0.05) is 12.6 Å². The van der Waals surface area contributed by atoms with Crippen molar-refractivity contribution in [2.24, 2.45) is 0 Å². The van der Waals surface area contributed by atoms with Gasteiger partial charge in [-0.1, -0.05) is 12.1 Å². The zero-order valence-electron chi connectivity index (χ0n) is 14.9. The second-order valence-corrected chi connectivity index (χ2v) is 5.29. The number of carbonyl (C=O) groups is 1. The highest BCUT2D eigenvalue weighted by molar-refractivity contribution is 6.00. The molecule has 0 bridgehead atoms. The third-order valence-electron chi connectivity index (χ3n) is 3.77. The Bertz CT molecular complexity index is 903. The summed E-state index contributed by atoms with van der Waals surface area (Å²) in [6, 6.07) is 9.82. The fourth-order valence-corrected chi connectivity index (χ4v) is 2.47. The van der Waals surface area contributed by atoms with Crippen LogP contribution in [-0.4, -0.2) is 32.2 Å². The number of methoxy groups -OCH3 is 3. The van der Waals surface area contributed by atoms with Crippen LogP contribution in [0.3, 0.4) is 0 Å². The zero-order chi connectivity index (χ0) is 20.0. The highest BCUT2D eigenvalue weighted by atomic mass is 16.6. The molecule has 9 heteroatoms. The first-order valence-corrected chi connectivity index (χ1v) is 7.71. The first-order valence-electron chi connectivity index (χ1n) is 7.71. The number of rotatable bonds is 7. The smallest absolute Gasteiger partial charge is 0.327 e. The summed E-state index contributed by atoms with van der Waals surface area (Å²) in [5, 5.41) is 22.9. The molecule has 0 aromatic heterocycles. The molecule has 0 heterocycles. The molecule has 1 amide bonds. The molecule has 0 fully saturated rings. The van der Waals surface area contributed by atoms with E-state index in [0.717, 1.165) is 5.56 Å². The maximum atomic E-state index is 12.6. The lowest BCUT2D eigenvalue weighted by Crippen LogP contribution is -2.24. The van der Waals surface area contributed by atoms with E-state index in [-0.39, 0.29) is 29.4 Å². The van der Waals surface area contributed by atoms with E-state index in [9.17, 15) is 14.9 Å². The monoisotopic (exact) mass is 371 g/mol. The summed E-state index contributed by atoms with van der Waals surface area (Å²) < 4.78 is 15.4. The molecule has 0 saturated carbocycles. The van der Waals surface area contributed by atoms with E-state index in [0.29, 0.717) is 5.56 Å². The van der Waals surface area contributed by atoms with Crippen molar-refractivity contribution in [2.75, 3.05) is 21.3 Å². The van der Waals surface area contributed by atoms with Crippen molar-refractivity contribution < 1.29 is 23.9 Å². The van der Waals surface area contributed by atoms with E-state index >= 15 is 0 Å². The molecule has 2 aromatic rings. The molecule has 9 nitrogen and oxygen atoms in total. The third-order valence-corrected chi connectivity index (χ3v) is 3.77. The minimum Gasteiger partial charge on any atom is -0.493 e. The van der Waals surface area contributed by atoms with Crippen LogP contribution >= 0.6 is 0 Å². The largest absolute Gasteiger partial charge is 0.493 e. The summed E-state index contributed by atoms with van der Waals surface area (Å²) in [5.74, 6) is -0.727. The number of nitro benzene ring substituents is 1. The van der Waals surface area contributed by atoms with Gasteiger partial charge in [-0.05, 0) is 17.7 Å². The highest BCUT2D eigenvalue weighted by Gasteiger charge is 2.32. The molecule has 2 aromatic carbocycles. The van der Waals surface area contributed by atoms with Crippen LogP contribution in [-0.2, 0) is 6.54 Å². The number of hydrogen-bond acceptors (Lipinski definition) is 7. The predicted octanol–water partition coefficient (Wildman–Crippen LogP) is 2.42. The third kappa shape index (κ3) is 4.07. The summed E-state index contributed by atoms with van der Waals surface area (Å²) in [7, 11) is 3.90. The summed E-state index contributed by atoms with van der Waals surface area (Å²) in [6.07, 6.45) is 0. The standard InChI is InChI=1S/C18H17N3O6/c1-25-14-8-13(15(21(23)24)17(27-3)16(14)26-2)18(22)20-10-12-6-4-11(9-19)5-7-12/h4-8H,10H2,1-3H3,(H,20,22). The number of hydrogen-bond donors (Lipinski definition) is 1. The number of nitrogens with zero attached hydrogens (tertiary/aromatic N) is 2. The first kappa shape index (κ1) is 19.5. The Hall–Kier alpha value is -3.80. The Morgan fingerprint density at radius 1 is 1.15 bits per heavy atom. The van der Waals surface area contributed by atoms with Crippen LogP contribution in [0.1, 0.15) is 21.5 Å². The van der Waals surface area contributed by atoms with Gasteiger partial charge in [0.25, 0.3) is 5.91 Å². The molecular weight excluding hydrogens is 354 g/mol. The zero-order valence-corrected chi connectivity index (χ0v) is 14.9. The molecule has 0 atom stereocenters. The molecular formula is C18H17N3O6. The number of ether oxygens (including phenoxy) is 3. The number of benzene rings is 2. The molecule has 2 rings (SSSR count). The highest BCUT2D eigenvalue weighted by Crippen LogP contribution is 2.46. The van der Waals surface area contributed by atoms with Gasteiger partial charge in [-0.3, -0.25) is 14.9 Å². The van der Waals surface area contributed by atoms with E-state index in [1.165, 1.54) is 27.4 Å². The van der Waals surface area contributed by atoms with Crippen molar-refractivity contribution in [2.45, 2.75) is 6.54 Å². The summed E-state index contributed by atoms with van der Waals surface area (Å²) in [4.78, 5) is 23.4. The van der Waals surface area contributed by atoms with E-state index < -0.39 is 16.5 Å². The Morgan fingerprint density at radius 3 is 2.26 bits per heavy atom. The van der Waals surface area contributed by atoms with Crippen LogP contribution in [0, 0.1) is 21.4 Å². The number of nitro groups is 1. The molecule has 0 unspecified atom stereocenters. The van der Waals surface area contributed by atoms with Gasteiger partial charge < -0.3 is 19.5 Å².